The Kier molecular flexibility index (Phi) is 5.97. The molecule has 2 aromatic carbocycles. The molecule has 0 spiro atoms. The molecule has 0 saturated carbocycles. The molecular formula is C20H22N4O4S. The van der Waals surface area contributed by atoms with Crippen LogP contribution in [0, 0.1) is 24.0 Å². The van der Waals surface area contributed by atoms with Crippen molar-refractivity contribution in [2.45, 2.75) is 26.7 Å². The Hall–Kier alpha value is -3.20. The lowest BCUT2D eigenvalue weighted by atomic mass is 10.1. The lowest BCUT2D eigenvalue weighted by Crippen LogP contribution is -2.34. The summed E-state index contributed by atoms with van der Waals surface area (Å²) in [6.07, 6.45) is 1.98. The van der Waals surface area contributed by atoms with E-state index in [1.54, 1.807) is 24.3 Å². The molecule has 0 atom stereocenters. The average Bonchev–Trinajstić information content (AvgIpc) is 3.20. The van der Waals surface area contributed by atoms with Crippen molar-refractivity contribution in [3.63, 3.8) is 0 Å². The third-order valence-electron chi connectivity index (χ3n) is 4.97. The van der Waals surface area contributed by atoms with Crippen LogP contribution in [0.3, 0.4) is 0 Å². The van der Waals surface area contributed by atoms with E-state index < -0.39 is 10.8 Å². The van der Waals surface area contributed by atoms with Crippen LogP contribution in [0.15, 0.2) is 30.3 Å². The third kappa shape index (κ3) is 4.62. The van der Waals surface area contributed by atoms with E-state index in [-0.39, 0.29) is 22.1 Å². The minimum Gasteiger partial charge on any atom is -0.506 e. The van der Waals surface area contributed by atoms with E-state index in [0.717, 1.165) is 37.1 Å². The van der Waals surface area contributed by atoms with Crippen LogP contribution in [-0.2, 0) is 0 Å². The summed E-state index contributed by atoms with van der Waals surface area (Å²) in [6.45, 7) is 5.29. The van der Waals surface area contributed by atoms with E-state index in [0.29, 0.717) is 11.4 Å². The Balaban J connectivity index is 1.75. The van der Waals surface area contributed by atoms with E-state index in [4.69, 9.17) is 12.2 Å². The van der Waals surface area contributed by atoms with Gasteiger partial charge in [0, 0.05) is 24.7 Å². The molecule has 0 aromatic heterocycles. The predicted octanol–water partition coefficient (Wildman–Crippen LogP) is 3.64. The molecule has 0 radical (unpaired) electrons. The second-order valence-electron chi connectivity index (χ2n) is 7.02. The van der Waals surface area contributed by atoms with E-state index in [2.05, 4.69) is 10.6 Å². The molecule has 0 bridgehead atoms. The zero-order valence-corrected chi connectivity index (χ0v) is 17.0. The van der Waals surface area contributed by atoms with Crippen molar-refractivity contribution in [2.75, 3.05) is 23.3 Å². The highest BCUT2D eigenvalue weighted by Gasteiger charge is 2.24. The second kappa shape index (κ2) is 8.44. The van der Waals surface area contributed by atoms with Gasteiger partial charge in [0.25, 0.3) is 11.6 Å². The number of hydrogen-bond acceptors (Lipinski definition) is 6. The van der Waals surface area contributed by atoms with Crippen molar-refractivity contribution in [2.24, 2.45) is 0 Å². The molecule has 9 heteroatoms. The summed E-state index contributed by atoms with van der Waals surface area (Å²) in [5, 5.41) is 26.8. The van der Waals surface area contributed by atoms with Gasteiger partial charge in [0.15, 0.2) is 5.11 Å². The number of phenols is 1. The van der Waals surface area contributed by atoms with Crippen LogP contribution in [0.2, 0.25) is 0 Å². The molecule has 1 aliphatic rings. The van der Waals surface area contributed by atoms with E-state index in [1.165, 1.54) is 6.07 Å². The molecule has 1 fully saturated rings. The van der Waals surface area contributed by atoms with Gasteiger partial charge in [-0.25, -0.2) is 0 Å². The first-order valence-electron chi connectivity index (χ1n) is 9.22. The number of hydrogen-bond donors (Lipinski definition) is 3. The Bertz CT molecular complexity index is 987. The molecule has 2 aromatic rings. The van der Waals surface area contributed by atoms with Crippen molar-refractivity contribution in [1.82, 2.24) is 5.32 Å². The van der Waals surface area contributed by atoms with Crippen LogP contribution in [-0.4, -0.2) is 34.1 Å². The molecule has 0 aliphatic carbocycles. The Morgan fingerprint density at radius 3 is 2.48 bits per heavy atom. The molecule has 1 aliphatic heterocycles. The maximum atomic E-state index is 12.5. The van der Waals surface area contributed by atoms with E-state index in [1.807, 2.05) is 18.7 Å². The molecule has 0 unspecified atom stereocenters. The van der Waals surface area contributed by atoms with Crippen LogP contribution in [0.1, 0.15) is 34.3 Å². The summed E-state index contributed by atoms with van der Waals surface area (Å²) in [7, 11) is 0. The van der Waals surface area contributed by atoms with E-state index >= 15 is 0 Å². The summed E-state index contributed by atoms with van der Waals surface area (Å²) in [5.74, 6) is -0.558. The quantitative estimate of drug-likeness (QED) is 0.303. The minimum atomic E-state index is -0.568. The van der Waals surface area contributed by atoms with Crippen LogP contribution in [0.4, 0.5) is 17.1 Å². The summed E-state index contributed by atoms with van der Waals surface area (Å²) in [5.41, 5.74) is 2.79. The standard InChI is InChI=1S/C20H22N4O4S/c1-12-9-15(18(25)10-13(12)2)21-20(29)22-19(26)14-5-6-16(17(11-14)24(27)28)23-7-3-4-8-23/h5-6,9-11,25H,3-4,7-8H2,1-2H3,(H2,21,22,26,29). The number of nitro benzene ring substituents is 1. The second-order valence-corrected chi connectivity index (χ2v) is 7.42. The molecule has 1 heterocycles. The normalized spacial score (nSPS) is 13.2. The van der Waals surface area contributed by atoms with Gasteiger partial charge >= 0.3 is 0 Å². The van der Waals surface area contributed by atoms with Crippen LogP contribution >= 0.6 is 12.2 Å². The summed E-state index contributed by atoms with van der Waals surface area (Å²) < 4.78 is 0. The van der Waals surface area contributed by atoms with Crippen LogP contribution < -0.4 is 15.5 Å². The fraction of sp³-hybridized carbons (Fsp3) is 0.300. The molecule has 152 valence electrons. The molecule has 8 nitrogen and oxygen atoms in total. The maximum absolute atomic E-state index is 12.5. The van der Waals surface area contributed by atoms with Crippen molar-refractivity contribution in [3.05, 3.63) is 57.1 Å². The fourth-order valence-electron chi connectivity index (χ4n) is 3.27. The Morgan fingerprint density at radius 1 is 1.17 bits per heavy atom. The number of phenolic OH excluding ortho intramolecular Hbond substituents is 1. The first kappa shape index (κ1) is 20.5. The van der Waals surface area contributed by atoms with Gasteiger partial charge in [-0.2, -0.15) is 0 Å². The van der Waals surface area contributed by atoms with Crippen LogP contribution in [0.5, 0.6) is 5.75 Å². The summed E-state index contributed by atoms with van der Waals surface area (Å²) in [4.78, 5) is 25.5. The number of thiocarbonyl (C=S) groups is 1. The van der Waals surface area contributed by atoms with Crippen molar-refractivity contribution in [3.8, 4) is 5.75 Å². The number of rotatable bonds is 4. The van der Waals surface area contributed by atoms with Crippen molar-refractivity contribution >= 4 is 40.3 Å². The topological polar surface area (TPSA) is 108 Å². The number of benzene rings is 2. The monoisotopic (exact) mass is 414 g/mol. The summed E-state index contributed by atoms with van der Waals surface area (Å²) in [6, 6.07) is 7.73. The third-order valence-corrected chi connectivity index (χ3v) is 5.17. The number of aromatic hydroxyl groups is 1. The number of nitrogens with zero attached hydrogens (tertiary/aromatic N) is 2. The smallest absolute Gasteiger partial charge is 0.293 e. The number of amides is 1. The lowest BCUT2D eigenvalue weighted by molar-refractivity contribution is -0.384. The number of nitro groups is 1. The number of aryl methyl sites for hydroxylation is 2. The highest BCUT2D eigenvalue weighted by atomic mass is 32.1. The van der Waals surface area contributed by atoms with Gasteiger partial charge < -0.3 is 15.3 Å². The van der Waals surface area contributed by atoms with Crippen molar-refractivity contribution in [1.29, 1.82) is 0 Å². The van der Waals surface area contributed by atoms with Gasteiger partial charge in [-0.3, -0.25) is 20.2 Å². The molecule has 1 saturated heterocycles. The molecule has 3 rings (SSSR count). The SMILES string of the molecule is Cc1cc(O)c(NC(=S)NC(=O)c2ccc(N3CCCC3)c([N+](=O)[O-])c2)cc1C. The van der Waals surface area contributed by atoms with Crippen LogP contribution in [0.25, 0.3) is 0 Å². The average molecular weight is 414 g/mol. The van der Waals surface area contributed by atoms with Gasteiger partial charge in [0.05, 0.1) is 10.6 Å². The number of carbonyl (C=O) groups is 1. The van der Waals surface area contributed by atoms with E-state index in [9.17, 15) is 20.0 Å². The molecule has 1 amide bonds. The highest BCUT2D eigenvalue weighted by Crippen LogP contribution is 2.32. The van der Waals surface area contributed by atoms with Crippen molar-refractivity contribution < 1.29 is 14.8 Å². The first-order valence-corrected chi connectivity index (χ1v) is 9.63. The fourth-order valence-corrected chi connectivity index (χ4v) is 3.47. The highest BCUT2D eigenvalue weighted by molar-refractivity contribution is 7.80. The largest absolute Gasteiger partial charge is 0.506 e. The lowest BCUT2D eigenvalue weighted by Gasteiger charge is -2.18. The van der Waals surface area contributed by atoms with Gasteiger partial charge in [0.1, 0.15) is 11.4 Å². The minimum absolute atomic E-state index is 0.00954. The van der Waals surface area contributed by atoms with Gasteiger partial charge in [-0.05, 0) is 74.3 Å². The van der Waals surface area contributed by atoms with Gasteiger partial charge in [-0.15, -0.1) is 0 Å². The molecule has 29 heavy (non-hydrogen) atoms. The number of nitrogens with one attached hydrogen (secondary N) is 2. The first-order chi connectivity index (χ1) is 13.8. The molecular weight excluding hydrogens is 392 g/mol. The zero-order valence-electron chi connectivity index (χ0n) is 16.2. The Labute approximate surface area is 173 Å². The number of carbonyl (C=O) groups excluding carboxylic acids is 1. The maximum Gasteiger partial charge on any atom is 0.293 e. The predicted molar refractivity (Wildman–Crippen MR) is 116 cm³/mol. The number of anilines is 2. The zero-order chi connectivity index (χ0) is 21.1. The van der Waals surface area contributed by atoms with Gasteiger partial charge in [-0.1, -0.05) is 0 Å². The Morgan fingerprint density at radius 2 is 1.83 bits per heavy atom. The summed E-state index contributed by atoms with van der Waals surface area (Å²) >= 11 is 5.15. The molecule has 3 N–H and O–H groups in total. The van der Waals surface area contributed by atoms with Gasteiger partial charge in [0.2, 0.25) is 0 Å².